The molecule has 1 aromatic rings. The van der Waals surface area contributed by atoms with Crippen LogP contribution in [0.4, 0.5) is 5.82 Å². The highest BCUT2D eigenvalue weighted by Crippen LogP contribution is 2.45. The number of nitrogens with one attached hydrogen (secondary N) is 1. The second kappa shape index (κ2) is 8.52. The summed E-state index contributed by atoms with van der Waals surface area (Å²) in [6.45, 7) is 0.251. The normalized spacial score (nSPS) is 25.3. The van der Waals surface area contributed by atoms with Crippen LogP contribution in [-0.2, 0) is 11.3 Å². The van der Waals surface area contributed by atoms with E-state index in [-0.39, 0.29) is 24.0 Å². The van der Waals surface area contributed by atoms with Crippen LogP contribution in [0.1, 0.15) is 73.8 Å². The van der Waals surface area contributed by atoms with Gasteiger partial charge in [0, 0.05) is 18.5 Å². The van der Waals surface area contributed by atoms with E-state index in [0.29, 0.717) is 17.9 Å². The Morgan fingerprint density at radius 3 is 2.69 bits per heavy atom. The molecule has 2 unspecified atom stereocenters. The number of fused-ring (bicyclic) bond motifs is 1. The number of nitrogen functional groups attached to an aromatic ring is 1. The Morgan fingerprint density at radius 1 is 1.12 bits per heavy atom. The van der Waals surface area contributed by atoms with Crippen molar-refractivity contribution in [3.05, 3.63) is 23.4 Å². The van der Waals surface area contributed by atoms with Gasteiger partial charge in [0.15, 0.2) is 0 Å². The van der Waals surface area contributed by atoms with Crippen molar-refractivity contribution in [1.29, 1.82) is 0 Å². The molecule has 0 saturated heterocycles. The van der Waals surface area contributed by atoms with Gasteiger partial charge in [0.25, 0.3) is 5.91 Å². The minimum absolute atomic E-state index is 0.0233. The number of pyridine rings is 1. The molecule has 2 aliphatic carbocycles. The summed E-state index contributed by atoms with van der Waals surface area (Å²) in [6, 6.07) is 3.30. The van der Waals surface area contributed by atoms with E-state index in [0.717, 1.165) is 18.3 Å². The highest BCUT2D eigenvalue weighted by Gasteiger charge is 2.34. The fourth-order valence-corrected chi connectivity index (χ4v) is 4.89. The third kappa shape index (κ3) is 4.54. The fraction of sp³-hybridized carbons (Fsp3) is 0.650. The number of anilines is 1. The smallest absolute Gasteiger partial charge is 0.267 e. The lowest BCUT2D eigenvalue weighted by Gasteiger charge is -2.41. The van der Waals surface area contributed by atoms with Gasteiger partial charge >= 0.3 is 0 Å². The number of nitrogens with zero attached hydrogens (tertiary/aromatic N) is 1. The zero-order chi connectivity index (χ0) is 18.5. The van der Waals surface area contributed by atoms with E-state index in [4.69, 9.17) is 11.5 Å². The van der Waals surface area contributed by atoms with Crippen molar-refractivity contribution in [3.8, 4) is 0 Å². The number of carbonyl (C=O) groups excluding carboxylic acids is 2. The Morgan fingerprint density at radius 2 is 1.88 bits per heavy atom. The van der Waals surface area contributed by atoms with E-state index in [1.807, 2.05) is 0 Å². The van der Waals surface area contributed by atoms with Gasteiger partial charge in [0.1, 0.15) is 11.5 Å². The summed E-state index contributed by atoms with van der Waals surface area (Å²) in [7, 11) is 0. The first-order valence-electron chi connectivity index (χ1n) is 9.86. The lowest BCUT2D eigenvalue weighted by atomic mass is 9.64. The number of carbonyl (C=O) groups is 2. The molecule has 6 nitrogen and oxygen atoms in total. The molecule has 1 aromatic heterocycles. The molecular formula is C20H30N4O2. The van der Waals surface area contributed by atoms with Gasteiger partial charge in [0.2, 0.25) is 5.91 Å². The van der Waals surface area contributed by atoms with Crippen LogP contribution in [0.25, 0.3) is 0 Å². The number of aromatic nitrogens is 1. The monoisotopic (exact) mass is 358 g/mol. The number of nitrogens with two attached hydrogens (primary N) is 2. The number of rotatable bonds is 6. The quantitative estimate of drug-likeness (QED) is 0.726. The summed E-state index contributed by atoms with van der Waals surface area (Å²) in [6.07, 6.45) is 10.9. The molecule has 3 rings (SSSR count). The van der Waals surface area contributed by atoms with E-state index in [1.165, 1.54) is 44.9 Å². The predicted molar refractivity (Wildman–Crippen MR) is 101 cm³/mol. The fourth-order valence-electron chi connectivity index (χ4n) is 4.89. The topological polar surface area (TPSA) is 111 Å². The molecule has 1 heterocycles. The van der Waals surface area contributed by atoms with Gasteiger partial charge in [-0.25, -0.2) is 4.98 Å². The Labute approximate surface area is 155 Å². The summed E-state index contributed by atoms with van der Waals surface area (Å²) in [5.74, 6) is 2.05. The van der Waals surface area contributed by atoms with Crippen molar-refractivity contribution in [3.63, 3.8) is 0 Å². The van der Waals surface area contributed by atoms with Crippen molar-refractivity contribution in [2.75, 3.05) is 5.73 Å². The van der Waals surface area contributed by atoms with Crippen molar-refractivity contribution >= 4 is 17.6 Å². The Bertz CT molecular complexity index is 659. The van der Waals surface area contributed by atoms with Gasteiger partial charge in [-0.2, -0.15) is 0 Å². The average Bonchev–Trinajstić information content (AvgIpc) is 2.65. The van der Waals surface area contributed by atoms with Crippen LogP contribution in [0.15, 0.2) is 12.1 Å². The molecule has 5 N–H and O–H groups in total. The Kier molecular flexibility index (Phi) is 6.12. The highest BCUT2D eigenvalue weighted by atomic mass is 16.2. The number of amides is 2. The Hall–Kier alpha value is -2.11. The SMILES string of the molecule is NC(=O)c1nc(N)ccc1CNC(=O)CCC1CCCC2CCCC[C@H]21. The molecule has 2 fully saturated rings. The van der Waals surface area contributed by atoms with Crippen molar-refractivity contribution in [1.82, 2.24) is 10.3 Å². The largest absolute Gasteiger partial charge is 0.384 e. The molecule has 2 aliphatic rings. The van der Waals surface area contributed by atoms with Crippen LogP contribution in [-0.4, -0.2) is 16.8 Å². The zero-order valence-corrected chi connectivity index (χ0v) is 15.4. The van der Waals surface area contributed by atoms with Gasteiger partial charge in [-0.1, -0.05) is 44.6 Å². The first kappa shape index (κ1) is 18.7. The number of hydrogen-bond donors (Lipinski definition) is 3. The first-order chi connectivity index (χ1) is 12.5. The minimum Gasteiger partial charge on any atom is -0.384 e. The Balaban J connectivity index is 1.49. The molecule has 6 heteroatoms. The van der Waals surface area contributed by atoms with Crippen LogP contribution in [0.5, 0.6) is 0 Å². The molecule has 26 heavy (non-hydrogen) atoms. The molecule has 142 valence electrons. The molecule has 3 atom stereocenters. The average molecular weight is 358 g/mol. The summed E-state index contributed by atoms with van der Waals surface area (Å²) >= 11 is 0. The summed E-state index contributed by atoms with van der Waals surface area (Å²) in [5, 5.41) is 2.90. The summed E-state index contributed by atoms with van der Waals surface area (Å²) in [4.78, 5) is 27.7. The van der Waals surface area contributed by atoms with Gasteiger partial charge in [-0.15, -0.1) is 0 Å². The third-order valence-electron chi connectivity index (χ3n) is 6.18. The van der Waals surface area contributed by atoms with E-state index < -0.39 is 5.91 Å². The zero-order valence-electron chi connectivity index (χ0n) is 15.4. The lowest BCUT2D eigenvalue weighted by molar-refractivity contribution is -0.121. The van der Waals surface area contributed by atoms with Crippen LogP contribution in [0, 0.1) is 17.8 Å². The molecule has 2 amide bonds. The van der Waals surface area contributed by atoms with Gasteiger partial charge < -0.3 is 16.8 Å². The predicted octanol–water partition coefficient (Wildman–Crippen LogP) is 2.77. The highest BCUT2D eigenvalue weighted by molar-refractivity contribution is 5.92. The van der Waals surface area contributed by atoms with Crippen molar-refractivity contribution in [2.24, 2.45) is 23.5 Å². The second-order valence-electron chi connectivity index (χ2n) is 7.82. The number of primary amides is 1. The maximum atomic E-state index is 12.3. The third-order valence-corrected chi connectivity index (χ3v) is 6.18. The summed E-state index contributed by atoms with van der Waals surface area (Å²) < 4.78 is 0. The van der Waals surface area contributed by atoms with Crippen molar-refractivity contribution in [2.45, 2.75) is 64.3 Å². The van der Waals surface area contributed by atoms with E-state index >= 15 is 0 Å². The molecule has 0 aromatic carbocycles. The van der Waals surface area contributed by atoms with E-state index in [9.17, 15) is 9.59 Å². The van der Waals surface area contributed by atoms with Crippen LogP contribution in [0.3, 0.4) is 0 Å². The maximum absolute atomic E-state index is 12.3. The maximum Gasteiger partial charge on any atom is 0.267 e. The van der Waals surface area contributed by atoms with Crippen LogP contribution >= 0.6 is 0 Å². The van der Waals surface area contributed by atoms with Crippen LogP contribution in [0.2, 0.25) is 0 Å². The molecule has 0 spiro atoms. The molecular weight excluding hydrogens is 328 g/mol. The summed E-state index contributed by atoms with van der Waals surface area (Å²) in [5.41, 5.74) is 11.7. The molecule has 0 aliphatic heterocycles. The lowest BCUT2D eigenvalue weighted by Crippen LogP contribution is -2.32. The first-order valence-corrected chi connectivity index (χ1v) is 9.86. The minimum atomic E-state index is -0.632. The molecule has 0 radical (unpaired) electrons. The van der Waals surface area contributed by atoms with Crippen molar-refractivity contribution < 1.29 is 9.59 Å². The molecule has 2 saturated carbocycles. The second-order valence-corrected chi connectivity index (χ2v) is 7.82. The van der Waals surface area contributed by atoms with Gasteiger partial charge in [-0.3, -0.25) is 9.59 Å². The standard InChI is InChI=1S/C20H30N4O2/c21-17-10-8-15(19(24-17)20(22)26)12-23-18(25)11-9-14-6-3-5-13-4-1-2-7-16(13)14/h8,10,13-14,16H,1-7,9,11-12H2,(H2,21,24)(H2,22,26)(H,23,25)/t13?,14?,16-/m1/s1. The van der Waals surface area contributed by atoms with Gasteiger partial charge in [-0.05, 0) is 36.7 Å². The van der Waals surface area contributed by atoms with Gasteiger partial charge in [0.05, 0.1) is 0 Å². The molecule has 0 bridgehead atoms. The number of hydrogen-bond acceptors (Lipinski definition) is 4. The van der Waals surface area contributed by atoms with E-state index in [1.54, 1.807) is 12.1 Å². The van der Waals surface area contributed by atoms with E-state index in [2.05, 4.69) is 10.3 Å². The van der Waals surface area contributed by atoms with Crippen LogP contribution < -0.4 is 16.8 Å².